The molecule has 1 fully saturated rings. The minimum atomic E-state index is -0.281. The summed E-state index contributed by atoms with van der Waals surface area (Å²) in [5, 5.41) is 14.6. The molecule has 3 aromatic rings. The van der Waals surface area contributed by atoms with Gasteiger partial charge in [0.25, 0.3) is 0 Å². The standard InChI is InChI=1S/C23H24FN3OS/c1-15-6-2-5-9-20(15)25-21(28)14-29-23-19-8-4-3-7-18(19)22(26-27-23)16-10-12-17(24)13-11-16/h3-4,7-8,10-13,15,20H,2,5-6,9,14H2,1H3,(H,25,28)/t15-,20+/m0/s1. The number of nitrogens with zero attached hydrogens (tertiary/aromatic N) is 2. The maximum Gasteiger partial charge on any atom is 0.230 e. The van der Waals surface area contributed by atoms with Crippen molar-refractivity contribution in [3.8, 4) is 11.3 Å². The normalized spacial score (nSPS) is 19.2. The quantitative estimate of drug-likeness (QED) is 0.587. The molecular formula is C23H24FN3OS. The summed E-state index contributed by atoms with van der Waals surface area (Å²) in [5.41, 5.74) is 1.53. The highest BCUT2D eigenvalue weighted by Crippen LogP contribution is 2.32. The largest absolute Gasteiger partial charge is 0.352 e. The number of thioether (sulfide) groups is 1. The van der Waals surface area contributed by atoms with Crippen LogP contribution in [0.15, 0.2) is 53.6 Å². The molecule has 4 rings (SSSR count). The zero-order chi connectivity index (χ0) is 20.2. The van der Waals surface area contributed by atoms with E-state index in [9.17, 15) is 9.18 Å². The van der Waals surface area contributed by atoms with Gasteiger partial charge in [0.2, 0.25) is 5.91 Å². The Labute approximate surface area is 174 Å². The van der Waals surface area contributed by atoms with Crippen LogP contribution in [-0.2, 0) is 4.79 Å². The second-order valence-corrected chi connectivity index (χ2v) is 8.59. The van der Waals surface area contributed by atoms with Crippen LogP contribution in [0.2, 0.25) is 0 Å². The third kappa shape index (κ3) is 4.58. The Kier molecular flexibility index (Phi) is 6.09. The molecule has 0 unspecified atom stereocenters. The number of hydrogen-bond donors (Lipinski definition) is 1. The van der Waals surface area contributed by atoms with Gasteiger partial charge in [-0.15, -0.1) is 10.2 Å². The molecule has 150 valence electrons. The van der Waals surface area contributed by atoms with Crippen molar-refractivity contribution in [3.63, 3.8) is 0 Å². The smallest absolute Gasteiger partial charge is 0.230 e. The maximum absolute atomic E-state index is 13.3. The Morgan fingerprint density at radius 1 is 1.07 bits per heavy atom. The maximum atomic E-state index is 13.3. The summed E-state index contributed by atoms with van der Waals surface area (Å²) in [5.74, 6) is 0.615. The van der Waals surface area contributed by atoms with Crippen LogP contribution in [-0.4, -0.2) is 27.9 Å². The summed E-state index contributed by atoms with van der Waals surface area (Å²) in [6.07, 6.45) is 4.68. The van der Waals surface area contributed by atoms with E-state index in [4.69, 9.17) is 0 Å². The van der Waals surface area contributed by atoms with Gasteiger partial charge in [-0.1, -0.05) is 55.8 Å². The van der Waals surface area contributed by atoms with Gasteiger partial charge in [0.1, 0.15) is 16.5 Å². The number of amides is 1. The molecule has 0 bridgehead atoms. The first kappa shape index (κ1) is 19.8. The summed E-state index contributed by atoms with van der Waals surface area (Å²) in [4.78, 5) is 12.5. The molecule has 1 N–H and O–H groups in total. The Morgan fingerprint density at radius 2 is 1.79 bits per heavy atom. The molecule has 2 atom stereocenters. The van der Waals surface area contributed by atoms with Crippen LogP contribution in [0.3, 0.4) is 0 Å². The van der Waals surface area contributed by atoms with E-state index in [1.165, 1.54) is 43.2 Å². The molecule has 1 aliphatic carbocycles. The highest BCUT2D eigenvalue weighted by Gasteiger charge is 2.23. The molecule has 0 saturated heterocycles. The number of hydrogen-bond acceptors (Lipinski definition) is 4. The number of carbonyl (C=O) groups is 1. The molecule has 1 aromatic heterocycles. The molecular weight excluding hydrogens is 385 g/mol. The number of carbonyl (C=O) groups excluding carboxylic acids is 1. The van der Waals surface area contributed by atoms with Crippen LogP contribution in [0.4, 0.5) is 4.39 Å². The minimum absolute atomic E-state index is 0.0437. The first-order valence-electron chi connectivity index (χ1n) is 10.1. The Morgan fingerprint density at radius 3 is 2.55 bits per heavy atom. The molecule has 4 nitrogen and oxygen atoms in total. The van der Waals surface area contributed by atoms with Crippen molar-refractivity contribution >= 4 is 28.4 Å². The van der Waals surface area contributed by atoms with Crippen molar-refractivity contribution < 1.29 is 9.18 Å². The summed E-state index contributed by atoms with van der Waals surface area (Å²) >= 11 is 1.41. The van der Waals surface area contributed by atoms with Crippen LogP contribution in [0, 0.1) is 11.7 Å². The van der Waals surface area contributed by atoms with E-state index in [-0.39, 0.29) is 17.8 Å². The van der Waals surface area contributed by atoms with Gasteiger partial charge in [0, 0.05) is 22.4 Å². The van der Waals surface area contributed by atoms with Crippen molar-refractivity contribution in [1.82, 2.24) is 15.5 Å². The van der Waals surface area contributed by atoms with Gasteiger partial charge >= 0.3 is 0 Å². The van der Waals surface area contributed by atoms with Crippen LogP contribution in [0.5, 0.6) is 0 Å². The van der Waals surface area contributed by atoms with Gasteiger partial charge in [-0.05, 0) is 43.0 Å². The van der Waals surface area contributed by atoms with Gasteiger partial charge in [-0.25, -0.2) is 4.39 Å². The second-order valence-electron chi connectivity index (χ2n) is 7.63. The molecule has 0 spiro atoms. The first-order chi connectivity index (χ1) is 14.1. The molecule has 2 aromatic carbocycles. The van der Waals surface area contributed by atoms with E-state index in [0.717, 1.165) is 27.8 Å². The minimum Gasteiger partial charge on any atom is -0.352 e. The van der Waals surface area contributed by atoms with Gasteiger partial charge in [-0.3, -0.25) is 4.79 Å². The number of rotatable bonds is 5. The molecule has 6 heteroatoms. The van der Waals surface area contributed by atoms with Gasteiger partial charge < -0.3 is 5.32 Å². The molecule has 1 amide bonds. The lowest BCUT2D eigenvalue weighted by Gasteiger charge is -2.29. The Bertz CT molecular complexity index is 1010. The molecule has 1 heterocycles. The lowest BCUT2D eigenvalue weighted by Crippen LogP contribution is -2.41. The van der Waals surface area contributed by atoms with Crippen molar-refractivity contribution in [2.75, 3.05) is 5.75 Å². The average Bonchev–Trinajstić information content (AvgIpc) is 2.74. The van der Waals surface area contributed by atoms with Crippen LogP contribution in [0.25, 0.3) is 22.0 Å². The number of fused-ring (bicyclic) bond motifs is 1. The fraction of sp³-hybridized carbons (Fsp3) is 0.348. The molecule has 1 saturated carbocycles. The molecule has 29 heavy (non-hydrogen) atoms. The number of aromatic nitrogens is 2. The Balaban J connectivity index is 1.52. The number of halogens is 1. The lowest BCUT2D eigenvalue weighted by atomic mass is 9.86. The van der Waals surface area contributed by atoms with Crippen molar-refractivity contribution in [2.45, 2.75) is 43.7 Å². The van der Waals surface area contributed by atoms with E-state index in [2.05, 4.69) is 22.4 Å². The summed E-state index contributed by atoms with van der Waals surface area (Å²) in [6, 6.07) is 14.4. The first-order valence-corrected chi connectivity index (χ1v) is 11.0. The van der Waals surface area contributed by atoms with E-state index >= 15 is 0 Å². The molecule has 1 aliphatic rings. The van der Waals surface area contributed by atoms with Gasteiger partial charge in [0.05, 0.1) is 5.75 Å². The fourth-order valence-corrected chi connectivity index (χ4v) is 4.70. The average molecular weight is 410 g/mol. The summed E-state index contributed by atoms with van der Waals surface area (Å²) < 4.78 is 13.3. The van der Waals surface area contributed by atoms with E-state index in [1.807, 2.05) is 24.3 Å². The van der Waals surface area contributed by atoms with E-state index in [0.29, 0.717) is 17.4 Å². The predicted molar refractivity (Wildman–Crippen MR) is 115 cm³/mol. The Hall–Kier alpha value is -2.47. The summed E-state index contributed by atoms with van der Waals surface area (Å²) in [6.45, 7) is 2.21. The highest BCUT2D eigenvalue weighted by atomic mass is 32.2. The van der Waals surface area contributed by atoms with E-state index < -0.39 is 0 Å². The van der Waals surface area contributed by atoms with Crippen molar-refractivity contribution in [1.29, 1.82) is 0 Å². The second kappa shape index (κ2) is 8.91. The van der Waals surface area contributed by atoms with Gasteiger partial charge in [0.15, 0.2) is 0 Å². The number of benzene rings is 2. The number of nitrogens with one attached hydrogen (secondary N) is 1. The highest BCUT2D eigenvalue weighted by molar-refractivity contribution is 8.00. The topological polar surface area (TPSA) is 54.9 Å². The van der Waals surface area contributed by atoms with Gasteiger partial charge in [-0.2, -0.15) is 0 Å². The van der Waals surface area contributed by atoms with Crippen molar-refractivity contribution in [3.05, 3.63) is 54.3 Å². The molecule has 0 radical (unpaired) electrons. The predicted octanol–water partition coefficient (Wildman–Crippen LogP) is 5.22. The zero-order valence-corrected chi connectivity index (χ0v) is 17.2. The zero-order valence-electron chi connectivity index (χ0n) is 16.4. The van der Waals surface area contributed by atoms with Crippen LogP contribution >= 0.6 is 11.8 Å². The monoisotopic (exact) mass is 409 g/mol. The van der Waals surface area contributed by atoms with Crippen LogP contribution in [0.1, 0.15) is 32.6 Å². The molecule has 0 aliphatic heterocycles. The fourth-order valence-electron chi connectivity index (χ4n) is 3.92. The SMILES string of the molecule is C[C@H]1CCCC[C@H]1NC(=O)CSc1nnc(-c2ccc(F)cc2)c2ccccc12. The van der Waals surface area contributed by atoms with Crippen LogP contribution < -0.4 is 5.32 Å². The van der Waals surface area contributed by atoms with E-state index in [1.54, 1.807) is 12.1 Å². The third-order valence-electron chi connectivity index (χ3n) is 5.57. The summed E-state index contributed by atoms with van der Waals surface area (Å²) in [7, 11) is 0. The van der Waals surface area contributed by atoms with Crippen molar-refractivity contribution in [2.24, 2.45) is 5.92 Å². The third-order valence-corrected chi connectivity index (χ3v) is 6.55. The lowest BCUT2D eigenvalue weighted by molar-refractivity contribution is -0.119.